The van der Waals surface area contributed by atoms with E-state index >= 15 is 0 Å². The number of carbonyl (C=O) groups is 3. The number of methoxy groups -OCH3 is 2. The molecule has 0 fully saturated rings. The van der Waals surface area contributed by atoms with E-state index < -0.39 is 17.5 Å². The molecule has 0 radical (unpaired) electrons. The SMILES string of the molecule is CCC(C)(C)NC(=O)[C@H](c1cccc(OC)c1)N(C(=O)CNC(=O)c1cccs1)c1ccc(OC)cc1. The lowest BCUT2D eigenvalue weighted by atomic mass is 9.98. The first kappa shape index (κ1) is 27.7. The predicted molar refractivity (Wildman–Crippen MR) is 145 cm³/mol. The quantitative estimate of drug-likeness (QED) is 0.384. The van der Waals surface area contributed by atoms with Crippen LogP contribution >= 0.6 is 11.3 Å². The van der Waals surface area contributed by atoms with Crippen LogP contribution in [0, 0.1) is 0 Å². The van der Waals surface area contributed by atoms with Crippen molar-refractivity contribution in [2.75, 3.05) is 25.7 Å². The Morgan fingerprint density at radius 2 is 1.68 bits per heavy atom. The highest BCUT2D eigenvalue weighted by atomic mass is 32.1. The summed E-state index contributed by atoms with van der Waals surface area (Å²) in [5.41, 5.74) is 0.543. The Kier molecular flexibility index (Phi) is 9.30. The Morgan fingerprint density at radius 1 is 0.973 bits per heavy atom. The van der Waals surface area contributed by atoms with Gasteiger partial charge in [0, 0.05) is 11.2 Å². The number of rotatable bonds is 11. The van der Waals surface area contributed by atoms with Crippen molar-refractivity contribution in [3.05, 3.63) is 76.5 Å². The first-order chi connectivity index (χ1) is 17.7. The fourth-order valence-corrected chi connectivity index (χ4v) is 4.28. The molecule has 37 heavy (non-hydrogen) atoms. The number of hydrogen-bond acceptors (Lipinski definition) is 6. The number of nitrogens with one attached hydrogen (secondary N) is 2. The molecule has 0 bridgehead atoms. The molecular formula is C28H33N3O5S. The highest BCUT2D eigenvalue weighted by Crippen LogP contribution is 2.32. The summed E-state index contributed by atoms with van der Waals surface area (Å²) in [5, 5.41) is 7.55. The molecule has 2 N–H and O–H groups in total. The topological polar surface area (TPSA) is 97.0 Å². The van der Waals surface area contributed by atoms with Gasteiger partial charge in [-0.3, -0.25) is 19.3 Å². The van der Waals surface area contributed by atoms with Crippen molar-refractivity contribution in [1.82, 2.24) is 10.6 Å². The second kappa shape index (κ2) is 12.4. The number of anilines is 1. The minimum atomic E-state index is -1.03. The number of thiophene rings is 1. The van der Waals surface area contributed by atoms with Crippen molar-refractivity contribution in [2.45, 2.75) is 38.8 Å². The largest absolute Gasteiger partial charge is 0.497 e. The highest BCUT2D eigenvalue weighted by molar-refractivity contribution is 7.12. The molecule has 0 saturated carbocycles. The second-order valence-electron chi connectivity index (χ2n) is 9.03. The van der Waals surface area contributed by atoms with Gasteiger partial charge in [-0.15, -0.1) is 11.3 Å². The van der Waals surface area contributed by atoms with E-state index in [4.69, 9.17) is 9.47 Å². The smallest absolute Gasteiger partial charge is 0.261 e. The summed E-state index contributed by atoms with van der Waals surface area (Å²) in [7, 11) is 3.10. The summed E-state index contributed by atoms with van der Waals surface area (Å²) in [4.78, 5) is 42.0. The van der Waals surface area contributed by atoms with Crippen LogP contribution in [0.2, 0.25) is 0 Å². The normalized spacial score (nSPS) is 11.8. The van der Waals surface area contributed by atoms with Crippen molar-refractivity contribution in [3.63, 3.8) is 0 Å². The molecule has 3 aromatic rings. The number of carbonyl (C=O) groups excluding carboxylic acids is 3. The van der Waals surface area contributed by atoms with Crippen molar-refractivity contribution in [3.8, 4) is 11.5 Å². The molecule has 0 spiro atoms. The number of nitrogens with zero attached hydrogens (tertiary/aromatic N) is 1. The lowest BCUT2D eigenvalue weighted by molar-refractivity contribution is -0.127. The van der Waals surface area contributed by atoms with E-state index in [2.05, 4.69) is 10.6 Å². The van der Waals surface area contributed by atoms with Gasteiger partial charge in [0.05, 0.1) is 25.6 Å². The van der Waals surface area contributed by atoms with E-state index in [-0.39, 0.29) is 18.4 Å². The number of hydrogen-bond donors (Lipinski definition) is 2. The van der Waals surface area contributed by atoms with Crippen LogP contribution in [0.15, 0.2) is 66.0 Å². The Balaban J connectivity index is 2.06. The van der Waals surface area contributed by atoms with Crippen LogP contribution in [0.4, 0.5) is 5.69 Å². The van der Waals surface area contributed by atoms with Gasteiger partial charge in [-0.1, -0.05) is 25.1 Å². The summed E-state index contributed by atoms with van der Waals surface area (Å²) < 4.78 is 10.7. The van der Waals surface area contributed by atoms with Gasteiger partial charge in [0.25, 0.3) is 5.91 Å². The highest BCUT2D eigenvalue weighted by Gasteiger charge is 2.35. The monoisotopic (exact) mass is 523 g/mol. The minimum Gasteiger partial charge on any atom is -0.497 e. The Bertz CT molecular complexity index is 1210. The van der Waals surface area contributed by atoms with Gasteiger partial charge in [0.1, 0.15) is 17.5 Å². The van der Waals surface area contributed by atoms with Crippen LogP contribution in [0.25, 0.3) is 0 Å². The lowest BCUT2D eigenvalue weighted by Crippen LogP contribution is -2.52. The van der Waals surface area contributed by atoms with Gasteiger partial charge < -0.3 is 20.1 Å². The zero-order valence-electron chi connectivity index (χ0n) is 21.7. The third-order valence-electron chi connectivity index (χ3n) is 6.03. The van der Waals surface area contributed by atoms with Crippen LogP contribution in [0.5, 0.6) is 11.5 Å². The lowest BCUT2D eigenvalue weighted by Gasteiger charge is -2.34. The predicted octanol–water partition coefficient (Wildman–Crippen LogP) is 4.57. The Hall–Kier alpha value is -3.85. The molecule has 8 nitrogen and oxygen atoms in total. The molecule has 1 atom stereocenters. The molecule has 0 unspecified atom stereocenters. The van der Waals surface area contributed by atoms with E-state index in [9.17, 15) is 14.4 Å². The third kappa shape index (κ3) is 7.10. The summed E-state index contributed by atoms with van der Waals surface area (Å²) >= 11 is 1.28. The molecule has 3 rings (SSSR count). The first-order valence-corrected chi connectivity index (χ1v) is 12.8. The first-order valence-electron chi connectivity index (χ1n) is 11.9. The van der Waals surface area contributed by atoms with Crippen LogP contribution in [0.1, 0.15) is 48.5 Å². The third-order valence-corrected chi connectivity index (χ3v) is 6.89. The molecule has 9 heteroatoms. The molecule has 0 aliphatic rings. The molecule has 3 amide bonds. The van der Waals surface area contributed by atoms with Crippen LogP contribution in [-0.4, -0.2) is 44.0 Å². The molecule has 0 aliphatic carbocycles. The van der Waals surface area contributed by atoms with E-state index in [0.29, 0.717) is 34.0 Å². The van der Waals surface area contributed by atoms with Gasteiger partial charge in [-0.05, 0) is 73.7 Å². The molecule has 1 heterocycles. The van der Waals surface area contributed by atoms with Crippen LogP contribution < -0.4 is 25.0 Å². The van der Waals surface area contributed by atoms with Crippen molar-refractivity contribution in [1.29, 1.82) is 0 Å². The maximum Gasteiger partial charge on any atom is 0.261 e. The molecule has 2 aromatic carbocycles. The average molecular weight is 524 g/mol. The van der Waals surface area contributed by atoms with E-state index in [0.717, 1.165) is 0 Å². The van der Waals surface area contributed by atoms with Crippen molar-refractivity contribution >= 4 is 34.7 Å². The van der Waals surface area contributed by atoms with Crippen LogP contribution in [0.3, 0.4) is 0 Å². The molecular weight excluding hydrogens is 490 g/mol. The van der Waals surface area contributed by atoms with Crippen molar-refractivity contribution in [2.24, 2.45) is 0 Å². The summed E-state index contributed by atoms with van der Waals surface area (Å²) in [6.45, 7) is 5.53. The fourth-order valence-electron chi connectivity index (χ4n) is 3.64. The number of ether oxygens (including phenoxy) is 2. The molecule has 1 aromatic heterocycles. The zero-order valence-corrected chi connectivity index (χ0v) is 22.6. The summed E-state index contributed by atoms with van der Waals surface area (Å²) in [6.07, 6.45) is 0.691. The standard InChI is InChI=1S/C28H33N3O5S/c1-6-28(2,3)30-27(34)25(19-9-7-10-22(17-19)36-5)31(20-12-14-21(35-4)15-13-20)24(32)18-29-26(33)23-11-8-16-37-23/h7-17,25H,6,18H2,1-5H3,(H,29,33)(H,30,34)/t25-/m0/s1. The minimum absolute atomic E-state index is 0.298. The maximum atomic E-state index is 13.8. The zero-order chi connectivity index (χ0) is 27.0. The Labute approximate surface area is 221 Å². The van der Waals surface area contributed by atoms with Gasteiger partial charge in [0.15, 0.2) is 0 Å². The van der Waals surface area contributed by atoms with Gasteiger partial charge >= 0.3 is 0 Å². The molecule has 0 aliphatic heterocycles. The average Bonchev–Trinajstić information content (AvgIpc) is 3.45. The molecule has 0 saturated heterocycles. The van der Waals surface area contributed by atoms with Crippen molar-refractivity contribution < 1.29 is 23.9 Å². The van der Waals surface area contributed by atoms with Crippen LogP contribution in [-0.2, 0) is 9.59 Å². The molecule has 196 valence electrons. The number of amides is 3. The van der Waals surface area contributed by atoms with E-state index in [1.165, 1.54) is 16.2 Å². The second-order valence-corrected chi connectivity index (χ2v) is 9.98. The van der Waals surface area contributed by atoms with E-state index in [1.54, 1.807) is 80.3 Å². The number of benzene rings is 2. The fraction of sp³-hybridized carbons (Fsp3) is 0.321. The van der Waals surface area contributed by atoms with Gasteiger partial charge in [0.2, 0.25) is 11.8 Å². The van der Waals surface area contributed by atoms with Gasteiger partial charge in [-0.25, -0.2) is 0 Å². The maximum absolute atomic E-state index is 13.8. The van der Waals surface area contributed by atoms with E-state index in [1.807, 2.05) is 20.8 Å². The van der Waals surface area contributed by atoms with Gasteiger partial charge in [-0.2, -0.15) is 0 Å². The summed E-state index contributed by atoms with van der Waals surface area (Å²) in [6, 6.07) is 16.3. The summed E-state index contributed by atoms with van der Waals surface area (Å²) in [5.74, 6) is 0.00329. The Morgan fingerprint density at radius 3 is 2.27 bits per heavy atom.